The first kappa shape index (κ1) is 20.1. The van der Waals surface area contributed by atoms with Gasteiger partial charge >= 0.3 is 0 Å². The van der Waals surface area contributed by atoms with Crippen LogP contribution in [0.15, 0.2) is 22.3 Å². The largest absolute Gasteiger partial charge is 0.354 e. The third-order valence-corrected chi connectivity index (χ3v) is 6.53. The van der Waals surface area contributed by atoms with Crippen LogP contribution in [0.4, 0.5) is 0 Å². The predicted molar refractivity (Wildman–Crippen MR) is 117 cm³/mol. The molecule has 156 valence electrons. The minimum Gasteiger partial charge on any atom is -0.354 e. The van der Waals surface area contributed by atoms with E-state index in [2.05, 4.69) is 29.2 Å². The Morgan fingerprint density at radius 2 is 2.03 bits per heavy atom. The molecule has 2 atom stereocenters. The summed E-state index contributed by atoms with van der Waals surface area (Å²) in [5.41, 5.74) is 1.33. The van der Waals surface area contributed by atoms with Crippen LogP contribution in [0, 0.1) is 18.8 Å². The van der Waals surface area contributed by atoms with Crippen LogP contribution in [-0.2, 0) is 11.3 Å². The van der Waals surface area contributed by atoms with Crippen molar-refractivity contribution in [1.82, 2.24) is 24.4 Å². The number of hydrogen-bond donors (Lipinski definition) is 1. The van der Waals surface area contributed by atoms with E-state index in [4.69, 9.17) is 0 Å². The van der Waals surface area contributed by atoms with E-state index in [9.17, 15) is 9.59 Å². The Morgan fingerprint density at radius 3 is 2.79 bits per heavy atom. The van der Waals surface area contributed by atoms with Crippen LogP contribution in [0.3, 0.4) is 0 Å². The molecule has 8 heteroatoms. The van der Waals surface area contributed by atoms with E-state index in [1.54, 1.807) is 11.3 Å². The van der Waals surface area contributed by atoms with Crippen molar-refractivity contribution >= 4 is 33.0 Å². The summed E-state index contributed by atoms with van der Waals surface area (Å²) in [6.45, 7) is 10.3. The van der Waals surface area contributed by atoms with Crippen LogP contribution < -0.4 is 10.9 Å². The van der Waals surface area contributed by atoms with Gasteiger partial charge in [-0.1, -0.05) is 13.8 Å². The zero-order valence-electron chi connectivity index (χ0n) is 17.4. The van der Waals surface area contributed by atoms with E-state index < -0.39 is 0 Å². The molecule has 0 bridgehead atoms. The molecule has 1 fully saturated rings. The van der Waals surface area contributed by atoms with Crippen molar-refractivity contribution in [2.24, 2.45) is 11.8 Å². The highest BCUT2D eigenvalue weighted by Gasteiger charge is 2.21. The Hall–Kier alpha value is -2.19. The number of nitrogens with zero attached hydrogens (tertiary/aromatic N) is 4. The quantitative estimate of drug-likeness (QED) is 0.628. The van der Waals surface area contributed by atoms with Crippen LogP contribution >= 0.6 is 11.3 Å². The molecule has 2 unspecified atom stereocenters. The molecule has 1 N–H and O–H groups in total. The number of aryl methyl sites for hydroxylation is 1. The van der Waals surface area contributed by atoms with Gasteiger partial charge in [-0.2, -0.15) is 5.10 Å². The van der Waals surface area contributed by atoms with E-state index in [0.29, 0.717) is 17.9 Å². The van der Waals surface area contributed by atoms with E-state index in [0.717, 1.165) is 48.1 Å². The Kier molecular flexibility index (Phi) is 5.74. The van der Waals surface area contributed by atoms with Gasteiger partial charge in [-0.05, 0) is 55.7 Å². The van der Waals surface area contributed by atoms with Gasteiger partial charge in [-0.25, -0.2) is 4.68 Å². The highest BCUT2D eigenvalue weighted by molar-refractivity contribution is 7.17. The highest BCUT2D eigenvalue weighted by Crippen LogP contribution is 2.24. The minimum absolute atomic E-state index is 0.0488. The lowest BCUT2D eigenvalue weighted by molar-refractivity contribution is -0.121. The number of thiophene rings is 1. The molecule has 0 aromatic carbocycles. The van der Waals surface area contributed by atoms with Crippen LogP contribution in [0.25, 0.3) is 15.7 Å². The topological polar surface area (TPSA) is 71.6 Å². The SMILES string of the molecule is Cc1nn(CC(=O)NCCCN2CC(C)CC(C)C2)c(=O)c2cc3sccc3n12. The minimum atomic E-state index is -0.231. The fraction of sp³-hybridized carbons (Fsp3) is 0.571. The van der Waals surface area contributed by atoms with Crippen LogP contribution in [0.1, 0.15) is 32.5 Å². The number of carbonyl (C=O) groups excluding carboxylic acids is 1. The lowest BCUT2D eigenvalue weighted by Gasteiger charge is -2.34. The number of amides is 1. The van der Waals surface area contributed by atoms with Gasteiger partial charge in [-0.15, -0.1) is 11.3 Å². The van der Waals surface area contributed by atoms with Crippen LogP contribution in [0.5, 0.6) is 0 Å². The van der Waals surface area contributed by atoms with Crippen molar-refractivity contribution in [3.05, 3.63) is 33.7 Å². The highest BCUT2D eigenvalue weighted by atomic mass is 32.1. The predicted octanol–water partition coefficient (Wildman–Crippen LogP) is 2.50. The van der Waals surface area contributed by atoms with Crippen molar-refractivity contribution in [2.75, 3.05) is 26.2 Å². The monoisotopic (exact) mass is 415 g/mol. The van der Waals surface area contributed by atoms with Gasteiger partial charge in [0.15, 0.2) is 0 Å². The lowest BCUT2D eigenvalue weighted by Crippen LogP contribution is -2.40. The van der Waals surface area contributed by atoms with Crippen molar-refractivity contribution in [3.8, 4) is 0 Å². The summed E-state index contributed by atoms with van der Waals surface area (Å²) in [5, 5.41) is 9.30. The third-order valence-electron chi connectivity index (χ3n) is 5.68. The average Bonchev–Trinajstić information content (AvgIpc) is 3.23. The Balaban J connectivity index is 1.34. The molecule has 1 aliphatic rings. The van der Waals surface area contributed by atoms with E-state index >= 15 is 0 Å². The van der Waals surface area contributed by atoms with Crippen molar-refractivity contribution in [3.63, 3.8) is 0 Å². The number of nitrogens with one attached hydrogen (secondary N) is 1. The van der Waals surface area contributed by atoms with E-state index in [1.807, 2.05) is 28.8 Å². The molecule has 1 saturated heterocycles. The van der Waals surface area contributed by atoms with Gasteiger partial charge in [0, 0.05) is 19.6 Å². The molecule has 29 heavy (non-hydrogen) atoms. The third kappa shape index (κ3) is 4.23. The summed E-state index contributed by atoms with van der Waals surface area (Å²) in [5.74, 6) is 2.02. The molecule has 0 saturated carbocycles. The Labute approximate surface area is 174 Å². The van der Waals surface area contributed by atoms with Gasteiger partial charge in [0.1, 0.15) is 17.9 Å². The Morgan fingerprint density at radius 1 is 1.28 bits per heavy atom. The standard InChI is InChI=1S/C21H29N5O2S/c1-14-9-15(2)12-24(11-14)7-4-6-22-20(27)13-25-21(28)18-10-19-17(5-8-29-19)26(18)16(3)23-25/h5,8,10,14-15H,4,6-7,9,11-13H2,1-3H3,(H,22,27). The van der Waals surface area contributed by atoms with Gasteiger partial charge in [0.2, 0.25) is 5.91 Å². The van der Waals surface area contributed by atoms with Gasteiger partial charge in [-0.3, -0.25) is 14.0 Å². The second kappa shape index (κ2) is 8.28. The molecule has 0 aliphatic carbocycles. The molecule has 0 radical (unpaired) electrons. The molecule has 3 aromatic heterocycles. The molecule has 0 spiro atoms. The molecular formula is C21H29N5O2S. The zero-order chi connectivity index (χ0) is 20.5. The van der Waals surface area contributed by atoms with Crippen LogP contribution in [0.2, 0.25) is 0 Å². The van der Waals surface area contributed by atoms with Gasteiger partial charge < -0.3 is 10.2 Å². The number of likely N-dealkylation sites (tertiary alicyclic amines) is 1. The molecule has 7 nitrogen and oxygen atoms in total. The number of aromatic nitrogens is 3. The second-order valence-corrected chi connectivity index (χ2v) is 9.40. The van der Waals surface area contributed by atoms with Crippen molar-refractivity contribution in [2.45, 2.75) is 40.2 Å². The molecule has 1 amide bonds. The number of rotatable bonds is 6. The number of hydrogen-bond acceptors (Lipinski definition) is 5. The van der Waals surface area contributed by atoms with Crippen molar-refractivity contribution in [1.29, 1.82) is 0 Å². The van der Waals surface area contributed by atoms with Crippen molar-refractivity contribution < 1.29 is 4.79 Å². The molecule has 4 heterocycles. The maximum Gasteiger partial charge on any atom is 0.291 e. The summed E-state index contributed by atoms with van der Waals surface area (Å²) in [6, 6.07) is 3.87. The number of piperidine rings is 1. The maximum absolute atomic E-state index is 12.8. The first-order valence-electron chi connectivity index (χ1n) is 10.4. The van der Waals surface area contributed by atoms with Gasteiger partial charge in [0.25, 0.3) is 5.56 Å². The summed E-state index contributed by atoms with van der Waals surface area (Å²) >= 11 is 1.60. The smallest absolute Gasteiger partial charge is 0.291 e. The first-order valence-corrected chi connectivity index (χ1v) is 11.3. The molecule has 3 aromatic rings. The maximum atomic E-state index is 12.8. The number of carbonyl (C=O) groups is 1. The fourth-order valence-corrected chi connectivity index (χ4v) is 5.44. The summed E-state index contributed by atoms with van der Waals surface area (Å²) < 4.78 is 4.19. The fourth-order valence-electron chi connectivity index (χ4n) is 4.63. The molecule has 4 rings (SSSR count). The molecular weight excluding hydrogens is 386 g/mol. The lowest BCUT2D eigenvalue weighted by atomic mass is 9.92. The summed E-state index contributed by atoms with van der Waals surface area (Å²) in [4.78, 5) is 27.6. The van der Waals surface area contributed by atoms with E-state index in [-0.39, 0.29) is 18.0 Å². The Bertz CT molecular complexity index is 1070. The van der Waals surface area contributed by atoms with Crippen LogP contribution in [-0.4, -0.2) is 51.2 Å². The average molecular weight is 416 g/mol. The second-order valence-electron chi connectivity index (χ2n) is 8.45. The normalized spacial score (nSPS) is 20.5. The van der Waals surface area contributed by atoms with E-state index in [1.165, 1.54) is 11.1 Å². The molecule has 1 aliphatic heterocycles. The number of fused-ring (bicyclic) bond motifs is 3. The van der Waals surface area contributed by atoms with Gasteiger partial charge in [0.05, 0.1) is 10.2 Å². The summed E-state index contributed by atoms with van der Waals surface area (Å²) in [6.07, 6.45) is 2.22. The zero-order valence-corrected chi connectivity index (χ0v) is 18.2. The summed E-state index contributed by atoms with van der Waals surface area (Å²) in [7, 11) is 0. The first-order chi connectivity index (χ1) is 13.9.